The Labute approximate surface area is 112 Å². The van der Waals surface area contributed by atoms with Gasteiger partial charge in [-0.05, 0) is 43.5 Å². The Morgan fingerprint density at radius 1 is 1.00 bits per heavy atom. The van der Waals surface area contributed by atoms with Crippen LogP contribution < -0.4 is 5.32 Å². The highest BCUT2D eigenvalue weighted by Crippen LogP contribution is 2.48. The van der Waals surface area contributed by atoms with Gasteiger partial charge >= 0.3 is 12.4 Å². The SMILES string of the molecule is CNC(c1c(C(F)(F)F)cccc1C(F)(F)F)C1CC1. The largest absolute Gasteiger partial charge is 0.416 e. The molecule has 1 fully saturated rings. The average Bonchev–Trinajstić information content (AvgIpc) is 3.12. The van der Waals surface area contributed by atoms with E-state index in [9.17, 15) is 26.3 Å². The van der Waals surface area contributed by atoms with E-state index >= 15 is 0 Å². The standard InChI is InChI=1S/C13H13F6N/c1-20-11(7-5-6-7)10-8(12(14,15)16)3-2-4-9(10)13(17,18)19/h2-4,7,11,20H,5-6H2,1H3. The number of hydrogen-bond acceptors (Lipinski definition) is 1. The van der Waals surface area contributed by atoms with Crippen LogP contribution in [0.2, 0.25) is 0 Å². The van der Waals surface area contributed by atoms with Crippen LogP contribution in [-0.2, 0) is 12.4 Å². The van der Waals surface area contributed by atoms with Crippen molar-refractivity contribution in [2.24, 2.45) is 5.92 Å². The Hall–Kier alpha value is -1.24. The van der Waals surface area contributed by atoms with E-state index in [1.807, 2.05) is 0 Å². The molecular weight excluding hydrogens is 284 g/mol. The molecule has 1 nitrogen and oxygen atoms in total. The van der Waals surface area contributed by atoms with E-state index in [0.717, 1.165) is 6.07 Å². The van der Waals surface area contributed by atoms with Gasteiger partial charge in [0.1, 0.15) is 0 Å². The maximum atomic E-state index is 13.0. The Bertz CT molecular complexity index is 454. The number of hydrogen-bond donors (Lipinski definition) is 1. The molecule has 0 aliphatic heterocycles. The van der Waals surface area contributed by atoms with E-state index < -0.39 is 35.1 Å². The van der Waals surface area contributed by atoms with Crippen molar-refractivity contribution < 1.29 is 26.3 Å². The van der Waals surface area contributed by atoms with Crippen LogP contribution in [0.25, 0.3) is 0 Å². The molecule has 1 N–H and O–H groups in total. The first kappa shape index (κ1) is 15.2. The van der Waals surface area contributed by atoms with E-state index in [2.05, 4.69) is 5.32 Å². The molecule has 112 valence electrons. The van der Waals surface area contributed by atoms with Crippen molar-refractivity contribution in [1.29, 1.82) is 0 Å². The van der Waals surface area contributed by atoms with Crippen molar-refractivity contribution in [3.05, 3.63) is 34.9 Å². The number of rotatable bonds is 3. The average molecular weight is 297 g/mol. The lowest BCUT2D eigenvalue weighted by Crippen LogP contribution is -2.26. The van der Waals surface area contributed by atoms with Crippen LogP contribution in [-0.4, -0.2) is 7.05 Å². The van der Waals surface area contributed by atoms with Crippen molar-refractivity contribution in [1.82, 2.24) is 5.32 Å². The molecule has 2 rings (SSSR count). The molecule has 1 aliphatic carbocycles. The number of alkyl halides is 6. The third kappa shape index (κ3) is 2.92. The van der Waals surface area contributed by atoms with Crippen molar-refractivity contribution >= 4 is 0 Å². The minimum atomic E-state index is -4.80. The maximum absolute atomic E-state index is 13.0. The van der Waals surface area contributed by atoms with Crippen LogP contribution in [0.1, 0.15) is 35.6 Å². The van der Waals surface area contributed by atoms with E-state index in [1.54, 1.807) is 0 Å². The number of nitrogens with one attached hydrogen (secondary N) is 1. The highest BCUT2D eigenvalue weighted by molar-refractivity contribution is 5.42. The Kier molecular flexibility index (Phi) is 3.75. The fourth-order valence-electron chi connectivity index (χ4n) is 2.44. The zero-order chi connectivity index (χ0) is 15.1. The molecule has 7 heteroatoms. The van der Waals surface area contributed by atoms with Gasteiger partial charge < -0.3 is 5.32 Å². The second-order valence-electron chi connectivity index (χ2n) is 4.87. The molecule has 0 spiro atoms. The minimum absolute atomic E-state index is 0.176. The summed E-state index contributed by atoms with van der Waals surface area (Å²) in [5, 5.41) is 2.61. The van der Waals surface area contributed by atoms with Crippen LogP contribution in [0.5, 0.6) is 0 Å². The third-order valence-electron chi connectivity index (χ3n) is 3.43. The van der Waals surface area contributed by atoms with E-state index in [0.29, 0.717) is 25.0 Å². The highest BCUT2D eigenvalue weighted by Gasteiger charge is 2.45. The van der Waals surface area contributed by atoms with Crippen LogP contribution in [0, 0.1) is 5.92 Å². The molecule has 0 amide bonds. The Balaban J connectivity index is 2.64. The second kappa shape index (κ2) is 4.95. The van der Waals surface area contributed by atoms with E-state index in [1.165, 1.54) is 7.05 Å². The first-order chi connectivity index (χ1) is 9.16. The van der Waals surface area contributed by atoms with Crippen LogP contribution in [0.3, 0.4) is 0 Å². The summed E-state index contributed by atoms with van der Waals surface area (Å²) in [6.45, 7) is 0. The van der Waals surface area contributed by atoms with Crippen molar-refractivity contribution in [2.45, 2.75) is 31.2 Å². The smallest absolute Gasteiger partial charge is 0.313 e. The van der Waals surface area contributed by atoms with Gasteiger partial charge in [0.15, 0.2) is 0 Å². The lowest BCUT2D eigenvalue weighted by molar-refractivity contribution is -0.144. The first-order valence-electron chi connectivity index (χ1n) is 6.11. The van der Waals surface area contributed by atoms with Gasteiger partial charge in [-0.1, -0.05) is 6.07 Å². The highest BCUT2D eigenvalue weighted by atomic mass is 19.4. The molecule has 0 saturated heterocycles. The summed E-state index contributed by atoms with van der Waals surface area (Å²) in [5.74, 6) is -0.176. The van der Waals surface area contributed by atoms with Crippen LogP contribution in [0.15, 0.2) is 18.2 Å². The van der Waals surface area contributed by atoms with Crippen molar-refractivity contribution in [2.75, 3.05) is 7.05 Å². The molecule has 0 radical (unpaired) electrons. The fourth-order valence-corrected chi connectivity index (χ4v) is 2.44. The zero-order valence-electron chi connectivity index (χ0n) is 10.6. The molecule has 1 atom stereocenters. The molecular formula is C13H13F6N. The number of halogens is 6. The van der Waals surface area contributed by atoms with Gasteiger partial charge in [0.25, 0.3) is 0 Å². The molecule has 0 aromatic heterocycles. The van der Waals surface area contributed by atoms with E-state index in [4.69, 9.17) is 0 Å². The van der Waals surface area contributed by atoms with Gasteiger partial charge in [-0.3, -0.25) is 0 Å². The van der Waals surface area contributed by atoms with E-state index in [-0.39, 0.29) is 5.92 Å². The molecule has 20 heavy (non-hydrogen) atoms. The van der Waals surface area contributed by atoms with Crippen molar-refractivity contribution in [3.63, 3.8) is 0 Å². The predicted molar refractivity (Wildman–Crippen MR) is 61.0 cm³/mol. The summed E-state index contributed by atoms with van der Waals surface area (Å²) in [7, 11) is 1.39. The van der Waals surface area contributed by atoms with Gasteiger partial charge in [0, 0.05) is 6.04 Å². The Morgan fingerprint density at radius 2 is 1.45 bits per heavy atom. The predicted octanol–water partition coefficient (Wildman–Crippen LogP) is 4.39. The molecule has 1 aliphatic rings. The lowest BCUT2D eigenvalue weighted by Gasteiger charge is -2.25. The van der Waals surface area contributed by atoms with Gasteiger partial charge in [-0.15, -0.1) is 0 Å². The van der Waals surface area contributed by atoms with Gasteiger partial charge in [-0.25, -0.2) is 0 Å². The summed E-state index contributed by atoms with van der Waals surface area (Å²) < 4.78 is 78.0. The second-order valence-corrected chi connectivity index (χ2v) is 4.87. The molecule has 1 saturated carbocycles. The molecule has 1 aromatic carbocycles. The van der Waals surface area contributed by atoms with Gasteiger partial charge in [0.2, 0.25) is 0 Å². The number of benzene rings is 1. The monoisotopic (exact) mass is 297 g/mol. The summed E-state index contributed by atoms with van der Waals surface area (Å²) >= 11 is 0. The summed E-state index contributed by atoms with van der Waals surface area (Å²) in [5.41, 5.74) is -3.10. The Morgan fingerprint density at radius 3 is 1.75 bits per heavy atom. The van der Waals surface area contributed by atoms with Gasteiger partial charge in [-0.2, -0.15) is 26.3 Å². The van der Waals surface area contributed by atoms with Gasteiger partial charge in [0.05, 0.1) is 11.1 Å². The maximum Gasteiger partial charge on any atom is 0.416 e. The van der Waals surface area contributed by atoms with Crippen LogP contribution in [0.4, 0.5) is 26.3 Å². The normalized spacial score (nSPS) is 18.1. The molecule has 1 aromatic rings. The fraction of sp³-hybridized carbons (Fsp3) is 0.538. The third-order valence-corrected chi connectivity index (χ3v) is 3.43. The van der Waals surface area contributed by atoms with Crippen LogP contribution >= 0.6 is 0 Å². The quantitative estimate of drug-likeness (QED) is 0.816. The molecule has 0 heterocycles. The lowest BCUT2D eigenvalue weighted by atomic mass is 9.91. The summed E-state index contributed by atoms with van der Waals surface area (Å²) in [4.78, 5) is 0. The summed E-state index contributed by atoms with van der Waals surface area (Å²) in [6, 6.07) is 1.29. The molecule has 1 unspecified atom stereocenters. The minimum Gasteiger partial charge on any atom is -0.313 e. The molecule has 0 bridgehead atoms. The topological polar surface area (TPSA) is 12.0 Å². The first-order valence-corrected chi connectivity index (χ1v) is 6.11. The van der Waals surface area contributed by atoms with Crippen molar-refractivity contribution in [3.8, 4) is 0 Å². The zero-order valence-corrected chi connectivity index (χ0v) is 10.6. The summed E-state index contributed by atoms with van der Waals surface area (Å²) in [6.07, 6.45) is -8.34.